The summed E-state index contributed by atoms with van der Waals surface area (Å²) in [6.45, 7) is 9.12. The van der Waals surface area contributed by atoms with Crippen LogP contribution in [-0.4, -0.2) is 13.9 Å². The molecule has 1 rings (SSSR count). The van der Waals surface area contributed by atoms with Crippen LogP contribution < -0.4 is 0 Å². The molecule has 1 aromatic rings. The lowest BCUT2D eigenvalue weighted by atomic mass is 10.2. The van der Waals surface area contributed by atoms with Crippen LogP contribution in [0.2, 0.25) is 19.6 Å². The topological polar surface area (TPSA) is 17.1 Å². The molecule has 0 saturated heterocycles. The monoisotopic (exact) mass is 286 g/mol. The highest BCUT2D eigenvalue weighted by Crippen LogP contribution is 2.20. The minimum atomic E-state index is -1.39. The van der Waals surface area contributed by atoms with Crippen molar-refractivity contribution in [1.82, 2.24) is 0 Å². The third-order valence-corrected chi connectivity index (χ3v) is 5.64. The molecule has 108 valence electrons. The van der Waals surface area contributed by atoms with E-state index in [2.05, 4.69) is 26.6 Å². The molecule has 20 heavy (non-hydrogen) atoms. The molecule has 0 saturated carbocycles. The van der Waals surface area contributed by atoms with E-state index in [1.807, 2.05) is 42.5 Å². The highest BCUT2D eigenvalue weighted by Gasteiger charge is 2.19. The quantitative estimate of drug-likeness (QED) is 0.493. The van der Waals surface area contributed by atoms with Gasteiger partial charge in [0.1, 0.15) is 0 Å². The van der Waals surface area contributed by atoms with Gasteiger partial charge in [-0.3, -0.25) is 4.79 Å². The number of hydrogen-bond donors (Lipinski definition) is 0. The molecule has 0 atom stereocenters. The van der Waals surface area contributed by atoms with E-state index in [4.69, 9.17) is 0 Å². The van der Waals surface area contributed by atoms with Gasteiger partial charge in [0.15, 0.2) is 5.78 Å². The lowest BCUT2D eigenvalue weighted by Gasteiger charge is -2.20. The minimum absolute atomic E-state index is 0.113. The van der Waals surface area contributed by atoms with Gasteiger partial charge < -0.3 is 0 Å². The Bertz CT molecular complexity index is 478. The Morgan fingerprint density at radius 2 is 1.80 bits per heavy atom. The van der Waals surface area contributed by atoms with E-state index >= 15 is 0 Å². The summed E-state index contributed by atoms with van der Waals surface area (Å²) in [5, 5.41) is 1.38. The molecule has 0 N–H and O–H groups in total. The fourth-order valence-electron chi connectivity index (χ4n) is 1.99. The van der Waals surface area contributed by atoms with Gasteiger partial charge in [0.05, 0.1) is 8.07 Å². The second-order valence-electron chi connectivity index (χ2n) is 6.17. The van der Waals surface area contributed by atoms with Gasteiger partial charge in [-0.2, -0.15) is 0 Å². The Morgan fingerprint density at radius 3 is 2.35 bits per heavy atom. The SMILES string of the molecule is CCCC/C(=C/C(=O)/C=C/c1ccccc1)[Si](C)(C)C. The summed E-state index contributed by atoms with van der Waals surface area (Å²) in [5.74, 6) is 0.113. The van der Waals surface area contributed by atoms with Crippen molar-refractivity contribution in [2.45, 2.75) is 45.8 Å². The summed E-state index contributed by atoms with van der Waals surface area (Å²) in [6, 6.07) is 9.95. The van der Waals surface area contributed by atoms with Crippen molar-refractivity contribution >= 4 is 19.9 Å². The summed E-state index contributed by atoms with van der Waals surface area (Å²) in [6.07, 6.45) is 8.86. The molecule has 0 aromatic heterocycles. The van der Waals surface area contributed by atoms with Gasteiger partial charge >= 0.3 is 0 Å². The second-order valence-corrected chi connectivity index (χ2v) is 11.3. The van der Waals surface area contributed by atoms with Crippen LogP contribution in [0.5, 0.6) is 0 Å². The van der Waals surface area contributed by atoms with E-state index in [0.717, 1.165) is 12.0 Å². The number of hydrogen-bond acceptors (Lipinski definition) is 1. The van der Waals surface area contributed by atoms with Gasteiger partial charge in [-0.25, -0.2) is 0 Å². The third kappa shape index (κ3) is 6.16. The van der Waals surface area contributed by atoms with Crippen LogP contribution in [0.25, 0.3) is 6.08 Å². The number of ketones is 1. The van der Waals surface area contributed by atoms with Crippen LogP contribution in [0, 0.1) is 0 Å². The highest BCUT2D eigenvalue weighted by molar-refractivity contribution is 6.83. The highest BCUT2D eigenvalue weighted by atomic mass is 28.3. The molecule has 0 amide bonds. The first kappa shape index (κ1) is 16.6. The maximum Gasteiger partial charge on any atom is 0.178 e. The van der Waals surface area contributed by atoms with E-state index in [1.165, 1.54) is 18.0 Å². The molecule has 0 aliphatic carbocycles. The first-order chi connectivity index (χ1) is 9.43. The van der Waals surface area contributed by atoms with Crippen molar-refractivity contribution in [3.8, 4) is 0 Å². The summed E-state index contributed by atoms with van der Waals surface area (Å²) in [5.41, 5.74) is 1.07. The van der Waals surface area contributed by atoms with E-state index in [-0.39, 0.29) is 5.78 Å². The molecule has 0 bridgehead atoms. The number of carbonyl (C=O) groups excluding carboxylic acids is 1. The summed E-state index contributed by atoms with van der Waals surface area (Å²) >= 11 is 0. The smallest absolute Gasteiger partial charge is 0.178 e. The van der Waals surface area contributed by atoms with Crippen LogP contribution >= 0.6 is 0 Å². The first-order valence-electron chi connectivity index (χ1n) is 7.41. The normalized spacial score (nSPS) is 12.9. The number of unbranched alkanes of at least 4 members (excludes halogenated alkanes) is 1. The van der Waals surface area contributed by atoms with Gasteiger partial charge in [0.25, 0.3) is 0 Å². The molecule has 0 aliphatic heterocycles. The van der Waals surface area contributed by atoms with Crippen LogP contribution in [-0.2, 0) is 4.79 Å². The first-order valence-corrected chi connectivity index (χ1v) is 10.9. The Kier molecular flexibility index (Phi) is 6.66. The van der Waals surface area contributed by atoms with Crippen molar-refractivity contribution in [1.29, 1.82) is 0 Å². The lowest BCUT2D eigenvalue weighted by Crippen LogP contribution is -2.24. The largest absolute Gasteiger partial charge is 0.290 e. The van der Waals surface area contributed by atoms with Gasteiger partial charge in [-0.15, -0.1) is 0 Å². The Balaban J connectivity index is 2.78. The van der Waals surface area contributed by atoms with Crippen molar-refractivity contribution < 1.29 is 4.79 Å². The van der Waals surface area contributed by atoms with Crippen LogP contribution in [0.3, 0.4) is 0 Å². The van der Waals surface area contributed by atoms with E-state index < -0.39 is 8.07 Å². The molecule has 0 spiro atoms. The molecule has 0 unspecified atom stereocenters. The predicted molar refractivity (Wildman–Crippen MR) is 91.4 cm³/mol. The molecular formula is C18H26OSi. The minimum Gasteiger partial charge on any atom is -0.290 e. The fourth-order valence-corrected chi connectivity index (χ4v) is 3.50. The zero-order chi connectivity index (χ0) is 15.0. The van der Waals surface area contributed by atoms with Crippen molar-refractivity contribution in [2.75, 3.05) is 0 Å². The lowest BCUT2D eigenvalue weighted by molar-refractivity contribution is -0.110. The number of benzene rings is 1. The zero-order valence-corrected chi connectivity index (χ0v) is 14.1. The van der Waals surface area contributed by atoms with Crippen LogP contribution in [0.15, 0.2) is 47.7 Å². The predicted octanol–water partition coefficient (Wildman–Crippen LogP) is 5.26. The summed E-state index contributed by atoms with van der Waals surface area (Å²) in [7, 11) is -1.39. The molecule has 0 fully saturated rings. The molecule has 0 heterocycles. The van der Waals surface area contributed by atoms with Crippen LogP contribution in [0.4, 0.5) is 0 Å². The molecule has 2 heteroatoms. The maximum absolute atomic E-state index is 12.1. The van der Waals surface area contributed by atoms with Crippen molar-refractivity contribution in [3.63, 3.8) is 0 Å². The number of rotatable bonds is 7. The number of allylic oxidation sites excluding steroid dienone is 3. The summed E-state index contributed by atoms with van der Waals surface area (Å²) < 4.78 is 0. The maximum atomic E-state index is 12.1. The number of carbonyl (C=O) groups is 1. The molecule has 1 nitrogen and oxygen atoms in total. The zero-order valence-electron chi connectivity index (χ0n) is 13.1. The third-order valence-electron chi connectivity index (χ3n) is 3.32. The Labute approximate surface area is 124 Å². The molecule has 0 aliphatic rings. The van der Waals surface area contributed by atoms with E-state index in [9.17, 15) is 4.79 Å². The van der Waals surface area contributed by atoms with E-state index in [1.54, 1.807) is 6.08 Å². The standard InChI is InChI=1S/C18H26OSi/c1-5-6-12-18(20(2,3)4)15-17(19)14-13-16-10-8-7-9-11-16/h7-11,13-15H,5-6,12H2,1-4H3/b14-13+,18-15-. The van der Waals surface area contributed by atoms with Crippen LogP contribution in [0.1, 0.15) is 31.7 Å². The second kappa shape index (κ2) is 8.00. The molecule has 0 radical (unpaired) electrons. The van der Waals surface area contributed by atoms with Crippen molar-refractivity contribution in [3.05, 3.63) is 53.2 Å². The fraction of sp³-hybridized carbons (Fsp3) is 0.389. The molecular weight excluding hydrogens is 260 g/mol. The Hall–Kier alpha value is -1.41. The average Bonchev–Trinajstić information content (AvgIpc) is 2.41. The summed E-state index contributed by atoms with van der Waals surface area (Å²) in [4.78, 5) is 12.1. The van der Waals surface area contributed by atoms with Crippen molar-refractivity contribution in [2.24, 2.45) is 0 Å². The Morgan fingerprint density at radius 1 is 1.15 bits per heavy atom. The van der Waals surface area contributed by atoms with Gasteiger partial charge in [-0.05, 0) is 24.1 Å². The van der Waals surface area contributed by atoms with Gasteiger partial charge in [-0.1, -0.05) is 81.0 Å². The van der Waals surface area contributed by atoms with Gasteiger partial charge in [0, 0.05) is 0 Å². The van der Waals surface area contributed by atoms with Gasteiger partial charge in [0.2, 0.25) is 0 Å². The average molecular weight is 286 g/mol. The van der Waals surface area contributed by atoms with E-state index in [0.29, 0.717) is 0 Å². The molecule has 1 aromatic carbocycles.